The minimum absolute atomic E-state index is 1.23. The fourth-order valence-electron chi connectivity index (χ4n) is 7.28. The molecule has 0 fully saturated rings. The summed E-state index contributed by atoms with van der Waals surface area (Å²) in [7, 11) is 0. The highest BCUT2D eigenvalue weighted by molar-refractivity contribution is 6.25. The van der Waals surface area contributed by atoms with E-state index < -0.39 is 0 Å². The van der Waals surface area contributed by atoms with Crippen LogP contribution < -0.4 is 0 Å². The predicted molar refractivity (Wildman–Crippen MR) is 190 cm³/mol. The third-order valence-corrected chi connectivity index (χ3v) is 9.23. The SMILES string of the molecule is c1ccc(-c2ccccc2-c2c3ccccc3c(-c3cccc4c3ccc3cc5ccccc5cc34)c3ccccc23)cc1. The van der Waals surface area contributed by atoms with Crippen molar-refractivity contribution in [2.75, 3.05) is 0 Å². The van der Waals surface area contributed by atoms with Gasteiger partial charge in [-0.1, -0.05) is 158 Å². The Kier molecular flexibility index (Phi) is 5.61. The van der Waals surface area contributed by atoms with Crippen LogP contribution in [-0.2, 0) is 0 Å². The fraction of sp³-hybridized carbons (Fsp3) is 0. The van der Waals surface area contributed by atoms with Crippen molar-refractivity contribution in [3.63, 3.8) is 0 Å². The molecule has 0 heterocycles. The molecule has 9 aromatic rings. The van der Waals surface area contributed by atoms with Gasteiger partial charge >= 0.3 is 0 Å². The Hall–Kier alpha value is -5.72. The van der Waals surface area contributed by atoms with Gasteiger partial charge in [0.05, 0.1) is 0 Å². The molecule has 0 aliphatic rings. The van der Waals surface area contributed by atoms with Crippen molar-refractivity contribution >= 4 is 53.9 Å². The Morgan fingerprint density at radius 2 is 0.727 bits per heavy atom. The largest absolute Gasteiger partial charge is 0.0622 e. The lowest BCUT2D eigenvalue weighted by atomic mass is 9.82. The van der Waals surface area contributed by atoms with Gasteiger partial charge in [0.25, 0.3) is 0 Å². The average Bonchev–Trinajstić information content (AvgIpc) is 3.10. The van der Waals surface area contributed by atoms with E-state index in [2.05, 4.69) is 170 Å². The highest BCUT2D eigenvalue weighted by Crippen LogP contribution is 2.47. The van der Waals surface area contributed by atoms with E-state index in [-0.39, 0.29) is 0 Å². The zero-order valence-corrected chi connectivity index (χ0v) is 24.2. The van der Waals surface area contributed by atoms with Gasteiger partial charge in [-0.3, -0.25) is 0 Å². The molecule has 0 radical (unpaired) electrons. The van der Waals surface area contributed by atoms with Crippen LogP contribution in [0.3, 0.4) is 0 Å². The van der Waals surface area contributed by atoms with E-state index >= 15 is 0 Å². The van der Waals surface area contributed by atoms with E-state index in [0.29, 0.717) is 0 Å². The van der Waals surface area contributed by atoms with E-state index in [4.69, 9.17) is 0 Å². The van der Waals surface area contributed by atoms with Crippen LogP contribution in [0.25, 0.3) is 87.2 Å². The zero-order chi connectivity index (χ0) is 29.0. The summed E-state index contributed by atoms with van der Waals surface area (Å²) in [5.74, 6) is 0. The maximum absolute atomic E-state index is 2.36. The minimum atomic E-state index is 1.23. The van der Waals surface area contributed by atoms with Crippen LogP contribution >= 0.6 is 0 Å². The molecule has 204 valence electrons. The van der Waals surface area contributed by atoms with Crippen LogP contribution in [-0.4, -0.2) is 0 Å². The normalized spacial score (nSPS) is 11.6. The van der Waals surface area contributed by atoms with E-state index in [1.165, 1.54) is 87.2 Å². The molecular formula is C44H28. The minimum Gasteiger partial charge on any atom is -0.0622 e. The van der Waals surface area contributed by atoms with Gasteiger partial charge in [0.2, 0.25) is 0 Å². The molecule has 9 rings (SSSR count). The smallest absolute Gasteiger partial charge is 0.00201 e. The lowest BCUT2D eigenvalue weighted by Crippen LogP contribution is -1.93. The van der Waals surface area contributed by atoms with E-state index in [1.807, 2.05) is 0 Å². The van der Waals surface area contributed by atoms with Crippen LogP contribution in [0, 0.1) is 0 Å². The molecule has 0 N–H and O–H groups in total. The Bertz CT molecular complexity index is 2480. The molecule has 0 unspecified atom stereocenters. The van der Waals surface area contributed by atoms with Gasteiger partial charge in [0.1, 0.15) is 0 Å². The first-order valence-electron chi connectivity index (χ1n) is 15.3. The van der Waals surface area contributed by atoms with Gasteiger partial charge in [-0.2, -0.15) is 0 Å². The molecule has 0 spiro atoms. The van der Waals surface area contributed by atoms with Crippen LogP contribution in [0.1, 0.15) is 0 Å². The van der Waals surface area contributed by atoms with Crippen molar-refractivity contribution in [2.45, 2.75) is 0 Å². The van der Waals surface area contributed by atoms with E-state index in [9.17, 15) is 0 Å². The molecule has 44 heavy (non-hydrogen) atoms. The Morgan fingerprint density at radius 3 is 1.41 bits per heavy atom. The monoisotopic (exact) mass is 556 g/mol. The summed E-state index contributed by atoms with van der Waals surface area (Å²) in [6.07, 6.45) is 0. The maximum atomic E-state index is 2.36. The maximum Gasteiger partial charge on any atom is -0.00201 e. The topological polar surface area (TPSA) is 0 Å². The highest BCUT2D eigenvalue weighted by Gasteiger charge is 2.20. The van der Waals surface area contributed by atoms with Crippen LogP contribution in [0.15, 0.2) is 170 Å². The summed E-state index contributed by atoms with van der Waals surface area (Å²) in [5.41, 5.74) is 7.59. The van der Waals surface area contributed by atoms with Gasteiger partial charge < -0.3 is 0 Å². The summed E-state index contributed by atoms with van der Waals surface area (Å²) in [4.78, 5) is 0. The molecule has 0 heteroatoms. The third kappa shape index (κ3) is 3.78. The van der Waals surface area contributed by atoms with Gasteiger partial charge in [-0.15, -0.1) is 0 Å². The van der Waals surface area contributed by atoms with E-state index in [0.717, 1.165) is 0 Å². The van der Waals surface area contributed by atoms with E-state index in [1.54, 1.807) is 0 Å². The Morgan fingerprint density at radius 1 is 0.227 bits per heavy atom. The fourth-order valence-corrected chi connectivity index (χ4v) is 7.28. The number of fused-ring (bicyclic) bond motifs is 6. The molecule has 0 bridgehead atoms. The number of hydrogen-bond acceptors (Lipinski definition) is 0. The molecule has 9 aromatic carbocycles. The second-order valence-electron chi connectivity index (χ2n) is 11.6. The molecule has 0 aliphatic heterocycles. The number of benzene rings is 9. The molecular weight excluding hydrogens is 528 g/mol. The molecule has 0 saturated heterocycles. The molecule has 0 aliphatic carbocycles. The van der Waals surface area contributed by atoms with Gasteiger partial charge in [0.15, 0.2) is 0 Å². The Balaban J connectivity index is 1.39. The van der Waals surface area contributed by atoms with Crippen molar-refractivity contribution in [3.8, 4) is 33.4 Å². The first-order chi connectivity index (χ1) is 21.8. The van der Waals surface area contributed by atoms with Crippen molar-refractivity contribution in [2.24, 2.45) is 0 Å². The second-order valence-corrected chi connectivity index (χ2v) is 11.6. The van der Waals surface area contributed by atoms with Crippen LogP contribution in [0.4, 0.5) is 0 Å². The van der Waals surface area contributed by atoms with Crippen LogP contribution in [0.5, 0.6) is 0 Å². The predicted octanol–water partition coefficient (Wildman–Crippen LogP) is 12.5. The van der Waals surface area contributed by atoms with Crippen molar-refractivity contribution in [1.82, 2.24) is 0 Å². The zero-order valence-electron chi connectivity index (χ0n) is 24.2. The summed E-state index contributed by atoms with van der Waals surface area (Å²) in [6, 6.07) is 62.3. The van der Waals surface area contributed by atoms with Crippen molar-refractivity contribution < 1.29 is 0 Å². The summed E-state index contributed by atoms with van der Waals surface area (Å²) < 4.78 is 0. The van der Waals surface area contributed by atoms with Crippen LogP contribution in [0.2, 0.25) is 0 Å². The number of rotatable bonds is 3. The Labute approximate surface area is 256 Å². The average molecular weight is 557 g/mol. The summed E-state index contributed by atoms with van der Waals surface area (Å²) >= 11 is 0. The van der Waals surface area contributed by atoms with Crippen molar-refractivity contribution in [1.29, 1.82) is 0 Å². The van der Waals surface area contributed by atoms with Crippen molar-refractivity contribution in [3.05, 3.63) is 170 Å². The molecule has 0 saturated carbocycles. The second kappa shape index (κ2) is 9.93. The third-order valence-electron chi connectivity index (χ3n) is 9.23. The highest BCUT2D eigenvalue weighted by atomic mass is 14.2. The lowest BCUT2D eigenvalue weighted by molar-refractivity contribution is 1.61. The summed E-state index contributed by atoms with van der Waals surface area (Å²) in [5, 5.41) is 12.8. The quantitative estimate of drug-likeness (QED) is 0.150. The lowest BCUT2D eigenvalue weighted by Gasteiger charge is -2.20. The summed E-state index contributed by atoms with van der Waals surface area (Å²) in [6.45, 7) is 0. The van der Waals surface area contributed by atoms with Gasteiger partial charge in [-0.05, 0) is 99.4 Å². The first-order valence-corrected chi connectivity index (χ1v) is 15.3. The number of hydrogen-bond donors (Lipinski definition) is 0. The first kappa shape index (κ1) is 24.8. The molecule has 0 amide bonds. The van der Waals surface area contributed by atoms with Gasteiger partial charge in [0, 0.05) is 0 Å². The molecule has 0 nitrogen and oxygen atoms in total. The standard InChI is InChI=1S/C44H28/c1-2-13-29(14-3-1)33-17-6-7-18-36(33)43-38-19-8-10-21-40(38)44(41-22-11-9-20-39(41)43)37-24-12-23-34-35(37)26-25-32-27-30-15-4-5-16-31(30)28-42(32)34/h1-28H. The van der Waals surface area contributed by atoms with Gasteiger partial charge in [-0.25, -0.2) is 0 Å². The molecule has 0 atom stereocenters. The molecule has 0 aromatic heterocycles.